The molecule has 0 spiro atoms. The second-order valence-corrected chi connectivity index (χ2v) is 16.4. The van der Waals surface area contributed by atoms with Crippen molar-refractivity contribution < 1.29 is 25.9 Å². The Balaban J connectivity index is 1.44. The normalized spacial score (nSPS) is 12.9. The van der Waals surface area contributed by atoms with Crippen molar-refractivity contribution in [1.82, 2.24) is 19.9 Å². The highest BCUT2D eigenvalue weighted by molar-refractivity contribution is 7.86. The van der Waals surface area contributed by atoms with Crippen LogP contribution in [-0.2, 0) is 33.1 Å². The van der Waals surface area contributed by atoms with Crippen LogP contribution in [0.15, 0.2) is 143 Å². The number of H-pyrrole nitrogens is 2. The molecule has 4 aromatic carbocycles. The third-order valence-corrected chi connectivity index (χ3v) is 11.8. The molecule has 9 rings (SSSR count). The molecular formula is C44H32N4O6S2. The smallest absolute Gasteiger partial charge is 0.294 e. The van der Waals surface area contributed by atoms with E-state index in [0.29, 0.717) is 52.0 Å². The largest absolute Gasteiger partial charge is 0.354 e. The molecule has 2 aliphatic heterocycles. The van der Waals surface area contributed by atoms with Crippen LogP contribution in [0.2, 0.25) is 0 Å². The van der Waals surface area contributed by atoms with Crippen LogP contribution in [0.5, 0.6) is 0 Å². The van der Waals surface area contributed by atoms with Crippen LogP contribution in [0.25, 0.3) is 78.7 Å². The lowest BCUT2D eigenvalue weighted by Gasteiger charge is -2.07. The fraction of sp³-hybridized carbons (Fsp3) is 0.0455. The topological polar surface area (TPSA) is 166 Å². The molecule has 0 aliphatic carbocycles. The summed E-state index contributed by atoms with van der Waals surface area (Å²) < 4.78 is 67.4. The fourth-order valence-corrected chi connectivity index (χ4v) is 8.48. The minimum atomic E-state index is -4.43. The number of nitrogens with zero attached hydrogens (tertiary/aromatic N) is 2. The van der Waals surface area contributed by atoms with Gasteiger partial charge in [0.2, 0.25) is 0 Å². The van der Waals surface area contributed by atoms with Crippen LogP contribution in [0.1, 0.15) is 22.8 Å². The zero-order valence-corrected chi connectivity index (χ0v) is 31.1. The number of aromatic amines is 2. The van der Waals surface area contributed by atoms with Gasteiger partial charge in [0.15, 0.2) is 0 Å². The van der Waals surface area contributed by atoms with Gasteiger partial charge in [-0.2, -0.15) is 16.8 Å². The number of nitrogens with one attached hydrogen (secondary N) is 2. The summed E-state index contributed by atoms with van der Waals surface area (Å²) in [4.78, 5) is 17.4. The van der Waals surface area contributed by atoms with Crippen molar-refractivity contribution in [3.8, 4) is 44.5 Å². The lowest BCUT2D eigenvalue weighted by molar-refractivity contribution is 0.481. The first-order valence-corrected chi connectivity index (χ1v) is 20.6. The number of aromatic nitrogens is 4. The number of benzene rings is 4. The van der Waals surface area contributed by atoms with Crippen LogP contribution in [0.3, 0.4) is 0 Å². The van der Waals surface area contributed by atoms with Gasteiger partial charge in [-0.15, -0.1) is 0 Å². The second kappa shape index (κ2) is 13.7. The molecule has 0 saturated carbocycles. The monoisotopic (exact) mass is 776 g/mol. The van der Waals surface area contributed by atoms with Gasteiger partial charge in [-0.25, -0.2) is 4.98 Å². The average Bonchev–Trinajstić information content (AvgIpc) is 4.03. The molecule has 7 aromatic rings. The number of hydrogen-bond acceptors (Lipinski definition) is 6. The predicted octanol–water partition coefficient (Wildman–Crippen LogP) is 9.43. The van der Waals surface area contributed by atoms with Crippen molar-refractivity contribution in [3.05, 3.63) is 156 Å². The van der Waals surface area contributed by atoms with Gasteiger partial charge in [0.05, 0.1) is 32.6 Å². The number of hydrogen-bond donors (Lipinski definition) is 4. The van der Waals surface area contributed by atoms with E-state index >= 15 is 0 Å². The van der Waals surface area contributed by atoms with Crippen LogP contribution in [0, 0.1) is 0 Å². The summed E-state index contributed by atoms with van der Waals surface area (Å²) in [6.07, 6.45) is 5.11. The Labute approximate surface area is 322 Å². The predicted molar refractivity (Wildman–Crippen MR) is 219 cm³/mol. The lowest BCUT2D eigenvalue weighted by atomic mass is 10.0. The maximum atomic E-state index is 12.0. The van der Waals surface area contributed by atoms with Crippen LogP contribution in [-0.4, -0.2) is 45.9 Å². The number of rotatable bonds is 6. The zero-order chi connectivity index (χ0) is 38.6. The van der Waals surface area contributed by atoms with Gasteiger partial charge in [-0.3, -0.25) is 14.1 Å². The first kappa shape index (κ1) is 35.3. The van der Waals surface area contributed by atoms with Gasteiger partial charge in [-0.1, -0.05) is 84.9 Å². The Kier molecular flexibility index (Phi) is 8.63. The van der Waals surface area contributed by atoms with Gasteiger partial charge >= 0.3 is 0 Å². The molecule has 0 atom stereocenters. The molecule has 12 heteroatoms. The SMILES string of the molecule is O=S(=O)(O)c1ccc(-c2c3nc(c(-c4ccccc4)c4ccc([nH]4)c(-c4ccccc4)c4nc(c(-c5ccc(S(=O)(=O)O)cc5)c5ccc2[nH]5)CC4)C=C3)cc1. The van der Waals surface area contributed by atoms with Crippen LogP contribution < -0.4 is 0 Å². The highest BCUT2D eigenvalue weighted by atomic mass is 32.2. The highest BCUT2D eigenvalue weighted by Crippen LogP contribution is 2.38. The van der Waals surface area contributed by atoms with Gasteiger partial charge in [0.25, 0.3) is 20.2 Å². The quantitative estimate of drug-likeness (QED) is 0.121. The van der Waals surface area contributed by atoms with E-state index in [1.165, 1.54) is 24.3 Å². The summed E-state index contributed by atoms with van der Waals surface area (Å²) in [6.45, 7) is 0. The molecule has 2 aliphatic rings. The molecule has 0 amide bonds. The van der Waals surface area contributed by atoms with Crippen LogP contribution >= 0.6 is 0 Å². The average molecular weight is 777 g/mol. The molecule has 8 bridgehead atoms. The Morgan fingerprint density at radius 3 is 1.14 bits per heavy atom. The van der Waals surface area contributed by atoms with Gasteiger partial charge in [-0.05, 0) is 95.8 Å². The van der Waals surface area contributed by atoms with Crippen molar-refractivity contribution >= 4 is 54.5 Å². The summed E-state index contributed by atoms with van der Waals surface area (Å²) >= 11 is 0. The van der Waals surface area contributed by atoms with Crippen molar-refractivity contribution in [1.29, 1.82) is 0 Å². The lowest BCUT2D eigenvalue weighted by Crippen LogP contribution is -1.97. The van der Waals surface area contributed by atoms with Crippen molar-refractivity contribution in [2.75, 3.05) is 0 Å². The minimum Gasteiger partial charge on any atom is -0.354 e. The van der Waals surface area contributed by atoms with Gasteiger partial charge < -0.3 is 9.97 Å². The van der Waals surface area contributed by atoms with E-state index in [0.717, 1.165) is 50.2 Å². The first-order chi connectivity index (χ1) is 27.0. The molecule has 0 fully saturated rings. The Hall–Kier alpha value is -6.44. The van der Waals surface area contributed by atoms with E-state index in [9.17, 15) is 25.9 Å². The van der Waals surface area contributed by atoms with Crippen molar-refractivity contribution in [2.24, 2.45) is 0 Å². The summed E-state index contributed by atoms with van der Waals surface area (Å²) in [7, 11) is -8.86. The summed E-state index contributed by atoms with van der Waals surface area (Å²) in [5.74, 6) is 0. The Morgan fingerprint density at radius 1 is 0.411 bits per heavy atom. The molecule has 0 radical (unpaired) electrons. The zero-order valence-electron chi connectivity index (χ0n) is 29.5. The second-order valence-electron chi connectivity index (χ2n) is 13.5. The molecule has 0 saturated heterocycles. The van der Waals surface area contributed by atoms with E-state index in [1.807, 2.05) is 72.8 Å². The standard InChI is InChI=1S/C44H32N4O6S2/c49-55(50,51)31-15-11-29(12-16-31)43-37-23-21-35(46-37)41(27-7-3-1-4-8-27)33-19-20-34(45-33)42(28-9-5-2-6-10-28)36-22-24-38(47-36)44(40-26-25-39(43)48-40)30-13-17-32(18-14-30)56(52,53)54/h1-21,23,25-26,45,48H,22,24H2,(H,49,50,51)(H,52,53,54). The van der Waals surface area contributed by atoms with E-state index in [2.05, 4.69) is 34.2 Å². The molecule has 56 heavy (non-hydrogen) atoms. The van der Waals surface area contributed by atoms with E-state index < -0.39 is 20.2 Å². The van der Waals surface area contributed by atoms with E-state index in [4.69, 9.17) is 9.97 Å². The Bertz CT molecular complexity index is 3100. The third-order valence-electron chi connectivity index (χ3n) is 10.1. The van der Waals surface area contributed by atoms with Crippen LogP contribution in [0.4, 0.5) is 0 Å². The maximum Gasteiger partial charge on any atom is 0.294 e. The molecule has 0 unspecified atom stereocenters. The molecule has 276 valence electrons. The minimum absolute atomic E-state index is 0.223. The van der Waals surface area contributed by atoms with Crippen molar-refractivity contribution in [2.45, 2.75) is 22.6 Å². The first-order valence-electron chi connectivity index (χ1n) is 17.7. The van der Waals surface area contributed by atoms with Crippen molar-refractivity contribution in [3.63, 3.8) is 0 Å². The summed E-state index contributed by atoms with van der Waals surface area (Å²) in [5.41, 5.74) is 12.7. The van der Waals surface area contributed by atoms with E-state index in [1.54, 1.807) is 24.3 Å². The van der Waals surface area contributed by atoms with E-state index in [-0.39, 0.29) is 9.79 Å². The molecular weight excluding hydrogens is 745 g/mol. The summed E-state index contributed by atoms with van der Waals surface area (Å²) in [6, 6.07) is 40.1. The molecule has 5 heterocycles. The third kappa shape index (κ3) is 6.54. The number of aryl methyl sites for hydroxylation is 2. The molecule has 10 nitrogen and oxygen atoms in total. The van der Waals surface area contributed by atoms with Gasteiger partial charge in [0, 0.05) is 44.3 Å². The molecule has 3 aromatic heterocycles. The summed E-state index contributed by atoms with van der Waals surface area (Å²) in [5, 5.41) is 0. The maximum absolute atomic E-state index is 12.0. The van der Waals surface area contributed by atoms with Gasteiger partial charge in [0.1, 0.15) is 0 Å². The Morgan fingerprint density at radius 2 is 0.750 bits per heavy atom. The number of fused-ring (bicyclic) bond motifs is 8. The molecule has 4 N–H and O–H groups in total. The fourth-order valence-electron chi connectivity index (χ4n) is 7.52. The highest BCUT2D eigenvalue weighted by Gasteiger charge is 2.22.